The molecule has 0 amide bonds. The number of aliphatic imine (C=N–C) groups is 1. The molecule has 0 aliphatic rings. The molecule has 0 aliphatic heterocycles. The number of aryl methyl sites for hydroxylation is 2. The predicted octanol–water partition coefficient (Wildman–Crippen LogP) is 10.2. The van der Waals surface area contributed by atoms with Gasteiger partial charge in [-0.15, -0.1) is 0 Å². The Bertz CT molecular complexity index is 1230. The number of nitrogens with zero attached hydrogens (tertiary/aromatic N) is 2. The highest BCUT2D eigenvalue weighted by Gasteiger charge is 2.19. The summed E-state index contributed by atoms with van der Waals surface area (Å²) >= 11 is 5.86. The van der Waals surface area contributed by atoms with Crippen molar-refractivity contribution in [3.63, 3.8) is 0 Å². The Labute approximate surface area is 233 Å². The molecule has 3 unspecified atom stereocenters. The molecule has 0 saturated carbocycles. The number of pyridine rings is 1. The van der Waals surface area contributed by atoms with Gasteiger partial charge >= 0.3 is 0 Å². The summed E-state index contributed by atoms with van der Waals surface area (Å²) in [6.07, 6.45) is 5.38. The molecule has 0 aliphatic carbocycles. The van der Waals surface area contributed by atoms with E-state index in [0.717, 1.165) is 43.5 Å². The summed E-state index contributed by atoms with van der Waals surface area (Å²) in [6.45, 7) is 13.4. The highest BCUT2D eigenvalue weighted by molar-refractivity contribution is 6.30. The van der Waals surface area contributed by atoms with Crippen molar-refractivity contribution in [3.8, 4) is 5.88 Å². The summed E-state index contributed by atoms with van der Waals surface area (Å²) in [5.74, 6) is 1.65. The van der Waals surface area contributed by atoms with E-state index >= 15 is 0 Å². The number of hydrogen-bond donors (Lipinski definition) is 0. The van der Waals surface area contributed by atoms with Crippen LogP contribution in [0.1, 0.15) is 88.1 Å². The Morgan fingerprint density at radius 3 is 2.50 bits per heavy atom. The van der Waals surface area contributed by atoms with Crippen LogP contribution in [0.3, 0.4) is 0 Å². The largest absolute Gasteiger partial charge is 0.473 e. The molecule has 0 radical (unpaired) electrons. The third kappa shape index (κ3) is 8.94. The second-order valence-corrected chi connectivity index (χ2v) is 11.2. The Kier molecular flexibility index (Phi) is 11.3. The first-order valence-electron chi connectivity index (χ1n) is 13.8. The van der Waals surface area contributed by atoms with Gasteiger partial charge in [-0.1, -0.05) is 68.6 Å². The zero-order valence-electron chi connectivity index (χ0n) is 23.7. The van der Waals surface area contributed by atoms with Crippen molar-refractivity contribution < 1.29 is 9.13 Å². The van der Waals surface area contributed by atoms with Crippen molar-refractivity contribution in [2.45, 2.75) is 86.2 Å². The Morgan fingerprint density at radius 2 is 1.79 bits per heavy atom. The van der Waals surface area contributed by atoms with E-state index in [1.807, 2.05) is 12.1 Å². The lowest BCUT2D eigenvalue weighted by molar-refractivity contribution is 0.285. The quantitative estimate of drug-likeness (QED) is 0.204. The molecule has 0 saturated heterocycles. The van der Waals surface area contributed by atoms with Crippen LogP contribution < -0.4 is 4.74 Å². The maximum absolute atomic E-state index is 14.1. The van der Waals surface area contributed by atoms with E-state index in [0.29, 0.717) is 34.2 Å². The number of rotatable bonds is 13. The molecule has 0 N–H and O–H groups in total. The van der Waals surface area contributed by atoms with E-state index in [4.69, 9.17) is 26.3 Å². The molecule has 3 atom stereocenters. The Morgan fingerprint density at radius 1 is 1.00 bits per heavy atom. The first-order valence-corrected chi connectivity index (χ1v) is 14.2. The van der Waals surface area contributed by atoms with Crippen LogP contribution >= 0.6 is 11.6 Å². The maximum atomic E-state index is 14.1. The molecule has 2 aromatic carbocycles. The lowest BCUT2D eigenvalue weighted by Gasteiger charge is -2.23. The summed E-state index contributed by atoms with van der Waals surface area (Å²) in [4.78, 5) is 9.71. The Balaban J connectivity index is 1.58. The fraction of sp³-hybridized carbons (Fsp3) is 0.455. The normalized spacial score (nSPS) is 14.3. The summed E-state index contributed by atoms with van der Waals surface area (Å²) < 4.78 is 20.0. The van der Waals surface area contributed by atoms with Crippen LogP contribution in [0.2, 0.25) is 5.02 Å². The van der Waals surface area contributed by atoms with E-state index < -0.39 is 0 Å². The predicted molar refractivity (Wildman–Crippen MR) is 158 cm³/mol. The number of aromatic nitrogens is 1. The van der Waals surface area contributed by atoms with Crippen LogP contribution in [0.5, 0.6) is 5.88 Å². The molecule has 1 aromatic heterocycles. The van der Waals surface area contributed by atoms with E-state index in [-0.39, 0.29) is 12.4 Å². The molecule has 0 bridgehead atoms. The van der Waals surface area contributed by atoms with Crippen LogP contribution in [-0.2, 0) is 6.61 Å². The van der Waals surface area contributed by atoms with Crippen LogP contribution in [0, 0.1) is 31.5 Å². The van der Waals surface area contributed by atoms with Crippen LogP contribution in [0.15, 0.2) is 59.6 Å². The molecule has 38 heavy (non-hydrogen) atoms. The van der Waals surface area contributed by atoms with Crippen molar-refractivity contribution in [1.82, 2.24) is 4.98 Å². The first kappa shape index (κ1) is 29.8. The monoisotopic (exact) mass is 536 g/mol. The van der Waals surface area contributed by atoms with Gasteiger partial charge in [0.1, 0.15) is 12.4 Å². The third-order valence-electron chi connectivity index (χ3n) is 7.41. The fourth-order valence-corrected chi connectivity index (χ4v) is 5.07. The van der Waals surface area contributed by atoms with Gasteiger partial charge in [-0.05, 0) is 88.1 Å². The van der Waals surface area contributed by atoms with Crippen molar-refractivity contribution in [2.24, 2.45) is 16.8 Å². The smallest absolute Gasteiger partial charge is 0.213 e. The van der Waals surface area contributed by atoms with Gasteiger partial charge in [0.15, 0.2) is 0 Å². The molecule has 3 rings (SSSR count). The van der Waals surface area contributed by atoms with Gasteiger partial charge in [0.05, 0.1) is 5.69 Å². The highest BCUT2D eigenvalue weighted by atomic mass is 35.5. The van der Waals surface area contributed by atoms with Crippen molar-refractivity contribution in [1.29, 1.82) is 0 Å². The topological polar surface area (TPSA) is 34.5 Å². The lowest BCUT2D eigenvalue weighted by Crippen LogP contribution is -2.13. The fourth-order valence-electron chi connectivity index (χ4n) is 4.92. The lowest BCUT2D eigenvalue weighted by atomic mass is 9.83. The second-order valence-electron chi connectivity index (χ2n) is 10.8. The molecule has 0 spiro atoms. The summed E-state index contributed by atoms with van der Waals surface area (Å²) in [6, 6.07) is 17.0. The average Bonchev–Trinajstić information content (AvgIpc) is 2.87. The maximum Gasteiger partial charge on any atom is 0.213 e. The zero-order chi connectivity index (χ0) is 27.7. The minimum absolute atomic E-state index is 0.121. The van der Waals surface area contributed by atoms with Crippen molar-refractivity contribution in [2.75, 3.05) is 0 Å². The molecule has 3 aromatic rings. The minimum Gasteiger partial charge on any atom is -0.473 e. The van der Waals surface area contributed by atoms with Gasteiger partial charge in [-0.25, -0.2) is 9.37 Å². The van der Waals surface area contributed by atoms with E-state index in [2.05, 4.69) is 65.8 Å². The third-order valence-corrected chi connectivity index (χ3v) is 7.65. The van der Waals surface area contributed by atoms with Gasteiger partial charge < -0.3 is 4.74 Å². The SMILES string of the molecule is CCCC(CCC(C)C(C)CC(C)=Nc1ccc(C)cc1C)c1cccc(OCc2ccc(Cl)cc2F)n1. The van der Waals surface area contributed by atoms with Gasteiger partial charge in [-0.3, -0.25) is 4.99 Å². The number of ether oxygens (including phenoxy) is 1. The number of hydrogen-bond acceptors (Lipinski definition) is 3. The highest BCUT2D eigenvalue weighted by Crippen LogP contribution is 2.31. The molecular formula is C33H42ClFN2O. The molecular weight excluding hydrogens is 495 g/mol. The standard InChI is InChI=1S/C33H42ClFN2O/c1-7-9-27(32-10-8-11-33(37-32)38-21-28-15-16-29(34)20-30(28)35)14-13-23(3)24(4)19-26(6)36-31-17-12-22(2)18-25(31)5/h8,10-12,15-18,20,23-24,27H,7,9,13-14,19,21H2,1-6H3. The second kappa shape index (κ2) is 14.4. The van der Waals surface area contributed by atoms with Gasteiger partial charge in [0, 0.05) is 34.0 Å². The summed E-state index contributed by atoms with van der Waals surface area (Å²) in [5.41, 5.74) is 6.27. The number of halogens is 2. The van der Waals surface area contributed by atoms with E-state index in [1.165, 1.54) is 22.9 Å². The van der Waals surface area contributed by atoms with Crippen LogP contribution in [0.4, 0.5) is 10.1 Å². The van der Waals surface area contributed by atoms with E-state index in [9.17, 15) is 4.39 Å². The van der Waals surface area contributed by atoms with Crippen LogP contribution in [-0.4, -0.2) is 10.7 Å². The molecule has 1 heterocycles. The van der Waals surface area contributed by atoms with Gasteiger partial charge in [-0.2, -0.15) is 0 Å². The summed E-state index contributed by atoms with van der Waals surface area (Å²) in [7, 11) is 0. The average molecular weight is 537 g/mol. The Hall–Kier alpha value is -2.72. The van der Waals surface area contributed by atoms with Crippen LogP contribution in [0.25, 0.3) is 0 Å². The zero-order valence-corrected chi connectivity index (χ0v) is 24.5. The molecule has 0 fully saturated rings. The van der Waals surface area contributed by atoms with Gasteiger partial charge in [0.25, 0.3) is 0 Å². The minimum atomic E-state index is -0.366. The molecule has 204 valence electrons. The summed E-state index contributed by atoms with van der Waals surface area (Å²) in [5, 5.41) is 0.376. The van der Waals surface area contributed by atoms with Crippen molar-refractivity contribution >= 4 is 23.0 Å². The molecule has 3 nitrogen and oxygen atoms in total. The van der Waals surface area contributed by atoms with Gasteiger partial charge in [0.2, 0.25) is 5.88 Å². The van der Waals surface area contributed by atoms with E-state index in [1.54, 1.807) is 12.1 Å². The molecule has 5 heteroatoms. The first-order chi connectivity index (χ1) is 18.2. The van der Waals surface area contributed by atoms with Crippen molar-refractivity contribution in [3.05, 3.63) is 87.8 Å². The number of benzene rings is 2.